The monoisotopic (exact) mass is 448 g/mol. The first kappa shape index (κ1) is 26.0. The molecule has 0 aromatic heterocycles. The number of nitrogens with one attached hydrogen (secondary N) is 2. The lowest BCUT2D eigenvalue weighted by molar-refractivity contribution is -0.117. The molecule has 0 bridgehead atoms. The van der Waals surface area contributed by atoms with Crippen molar-refractivity contribution in [2.24, 2.45) is 10.2 Å². The number of hydrogen-bond acceptors (Lipinski definition) is 4. The second-order valence-electron chi connectivity index (χ2n) is 8.06. The highest BCUT2D eigenvalue weighted by molar-refractivity contribution is 5.90. The maximum atomic E-state index is 12.1. The van der Waals surface area contributed by atoms with Crippen molar-refractivity contribution < 1.29 is 9.59 Å². The van der Waals surface area contributed by atoms with E-state index in [0.717, 1.165) is 49.3 Å². The van der Waals surface area contributed by atoms with Crippen LogP contribution in [-0.2, 0) is 9.59 Å². The maximum absolute atomic E-state index is 12.1. The minimum atomic E-state index is -0.0941. The first-order valence-electron chi connectivity index (χ1n) is 11.9. The molecule has 0 atom stereocenters. The van der Waals surface area contributed by atoms with Crippen molar-refractivity contribution in [2.75, 3.05) is 11.9 Å². The van der Waals surface area contributed by atoms with Crippen LogP contribution >= 0.6 is 0 Å². The van der Waals surface area contributed by atoms with E-state index >= 15 is 0 Å². The quantitative estimate of drug-likeness (QED) is 0.161. The van der Waals surface area contributed by atoms with Gasteiger partial charge >= 0.3 is 0 Å². The molecule has 6 heteroatoms. The predicted molar refractivity (Wildman–Crippen MR) is 135 cm³/mol. The number of hydrogen-bond donors (Lipinski definition) is 2. The molecular weight excluding hydrogens is 412 g/mol. The summed E-state index contributed by atoms with van der Waals surface area (Å²) < 4.78 is 0. The van der Waals surface area contributed by atoms with Crippen LogP contribution in [-0.4, -0.2) is 18.4 Å². The van der Waals surface area contributed by atoms with Crippen molar-refractivity contribution in [2.45, 2.75) is 64.2 Å². The lowest BCUT2D eigenvalue weighted by atomic mass is 10.1. The van der Waals surface area contributed by atoms with Gasteiger partial charge in [-0.25, -0.2) is 0 Å². The van der Waals surface area contributed by atoms with Gasteiger partial charge in [0.25, 0.3) is 0 Å². The lowest BCUT2D eigenvalue weighted by Gasteiger charge is -2.06. The Morgan fingerprint density at radius 2 is 1.27 bits per heavy atom. The molecular formula is C27H36N4O2. The molecule has 0 aliphatic rings. The van der Waals surface area contributed by atoms with Crippen LogP contribution in [0.25, 0.3) is 0 Å². The van der Waals surface area contributed by atoms with Gasteiger partial charge in [-0.15, -0.1) is 0 Å². The molecule has 2 N–H and O–H groups in total. The van der Waals surface area contributed by atoms with Crippen LogP contribution in [0.1, 0.15) is 64.2 Å². The normalized spacial score (nSPS) is 10.8. The summed E-state index contributed by atoms with van der Waals surface area (Å²) in [6.45, 7) is 4.17. The lowest BCUT2D eigenvalue weighted by Crippen LogP contribution is -2.21. The minimum absolute atomic E-state index is 0.0530. The SMILES string of the molecule is C=CC(=O)NCCCCCCCCCCCC(=O)Nc1ccc(N=Nc2ccccc2)cc1. The number of benzene rings is 2. The summed E-state index contributed by atoms with van der Waals surface area (Å²) in [7, 11) is 0. The van der Waals surface area contributed by atoms with E-state index in [1.165, 1.54) is 38.2 Å². The molecule has 2 aromatic carbocycles. The molecule has 176 valence electrons. The largest absolute Gasteiger partial charge is 0.353 e. The Labute approximate surface area is 197 Å². The van der Waals surface area contributed by atoms with Crippen molar-refractivity contribution in [3.8, 4) is 0 Å². The summed E-state index contributed by atoms with van der Waals surface area (Å²) in [5.74, 6) is -0.0411. The Hall–Kier alpha value is -3.28. The second kappa shape index (κ2) is 16.4. The van der Waals surface area contributed by atoms with Gasteiger partial charge in [0.1, 0.15) is 0 Å². The number of amides is 2. The molecule has 0 aliphatic carbocycles. The smallest absolute Gasteiger partial charge is 0.243 e. The van der Waals surface area contributed by atoms with Crippen LogP contribution in [0.4, 0.5) is 17.1 Å². The topological polar surface area (TPSA) is 82.9 Å². The van der Waals surface area contributed by atoms with Gasteiger partial charge in [-0.05, 0) is 55.3 Å². The van der Waals surface area contributed by atoms with Crippen LogP contribution in [0, 0.1) is 0 Å². The summed E-state index contributed by atoms with van der Waals surface area (Å²) in [6, 6.07) is 17.0. The molecule has 0 radical (unpaired) electrons. The van der Waals surface area contributed by atoms with Crippen molar-refractivity contribution in [3.63, 3.8) is 0 Å². The van der Waals surface area contributed by atoms with Gasteiger partial charge in [0, 0.05) is 18.7 Å². The molecule has 33 heavy (non-hydrogen) atoms. The number of carbonyl (C=O) groups is 2. The van der Waals surface area contributed by atoms with Crippen LogP contribution in [0.15, 0.2) is 77.5 Å². The van der Waals surface area contributed by atoms with Gasteiger partial charge < -0.3 is 10.6 Å². The Morgan fingerprint density at radius 1 is 0.727 bits per heavy atom. The molecule has 0 fully saturated rings. The average Bonchev–Trinajstić information content (AvgIpc) is 2.84. The first-order valence-corrected chi connectivity index (χ1v) is 11.9. The number of azo groups is 1. The van der Waals surface area contributed by atoms with Crippen LogP contribution in [0.2, 0.25) is 0 Å². The Bertz CT molecular complexity index is 863. The van der Waals surface area contributed by atoms with Gasteiger partial charge in [-0.2, -0.15) is 10.2 Å². The third-order valence-electron chi connectivity index (χ3n) is 5.25. The van der Waals surface area contributed by atoms with Gasteiger partial charge in [-0.3, -0.25) is 9.59 Å². The zero-order valence-corrected chi connectivity index (χ0v) is 19.5. The van der Waals surface area contributed by atoms with Crippen molar-refractivity contribution in [1.82, 2.24) is 5.32 Å². The summed E-state index contributed by atoms with van der Waals surface area (Å²) in [5, 5.41) is 14.1. The van der Waals surface area contributed by atoms with Crippen LogP contribution in [0.3, 0.4) is 0 Å². The Morgan fingerprint density at radius 3 is 1.88 bits per heavy atom. The zero-order valence-electron chi connectivity index (χ0n) is 19.5. The van der Waals surface area contributed by atoms with E-state index in [0.29, 0.717) is 6.42 Å². The number of rotatable bonds is 16. The summed E-state index contributed by atoms with van der Waals surface area (Å²) in [4.78, 5) is 23.2. The van der Waals surface area contributed by atoms with E-state index in [9.17, 15) is 9.59 Å². The number of carbonyl (C=O) groups excluding carboxylic acids is 2. The molecule has 0 unspecified atom stereocenters. The fraction of sp³-hybridized carbons (Fsp3) is 0.407. The molecule has 2 amide bonds. The zero-order chi connectivity index (χ0) is 23.6. The predicted octanol–water partition coefficient (Wildman–Crippen LogP) is 7.24. The van der Waals surface area contributed by atoms with Crippen molar-refractivity contribution in [3.05, 3.63) is 67.3 Å². The van der Waals surface area contributed by atoms with E-state index in [4.69, 9.17) is 0 Å². The Kier molecular flexibility index (Phi) is 12.9. The fourth-order valence-electron chi connectivity index (χ4n) is 3.38. The minimum Gasteiger partial charge on any atom is -0.353 e. The molecule has 0 saturated heterocycles. The summed E-state index contributed by atoms with van der Waals surface area (Å²) in [6.07, 6.45) is 12.1. The van der Waals surface area contributed by atoms with Gasteiger partial charge in [-0.1, -0.05) is 69.7 Å². The highest BCUT2D eigenvalue weighted by atomic mass is 16.2. The average molecular weight is 449 g/mol. The standard InChI is InChI=1S/C27H36N4O2/c1-2-26(32)28-22-14-9-7-5-3-4-6-8-13-17-27(33)29-23-18-20-25(21-19-23)31-30-24-15-11-10-12-16-24/h2,10-12,15-16,18-21H,1,3-9,13-14,17,22H2,(H,28,32)(H,29,33). The van der Waals surface area contributed by atoms with Gasteiger partial charge in [0.15, 0.2) is 0 Å². The maximum Gasteiger partial charge on any atom is 0.243 e. The van der Waals surface area contributed by atoms with Gasteiger partial charge in [0.2, 0.25) is 11.8 Å². The number of anilines is 1. The Balaban J connectivity index is 1.47. The van der Waals surface area contributed by atoms with Gasteiger partial charge in [0.05, 0.1) is 11.4 Å². The molecule has 0 spiro atoms. The highest BCUT2D eigenvalue weighted by Crippen LogP contribution is 2.20. The number of nitrogens with zero attached hydrogens (tertiary/aromatic N) is 2. The molecule has 0 heterocycles. The van der Waals surface area contributed by atoms with E-state index in [1.54, 1.807) is 0 Å². The van der Waals surface area contributed by atoms with Crippen LogP contribution < -0.4 is 10.6 Å². The molecule has 2 aromatic rings. The summed E-state index contributed by atoms with van der Waals surface area (Å²) >= 11 is 0. The van der Waals surface area contributed by atoms with E-state index in [2.05, 4.69) is 27.4 Å². The summed E-state index contributed by atoms with van der Waals surface area (Å²) in [5.41, 5.74) is 2.33. The van der Waals surface area contributed by atoms with E-state index < -0.39 is 0 Å². The first-order chi connectivity index (χ1) is 16.2. The molecule has 0 saturated carbocycles. The van der Waals surface area contributed by atoms with E-state index in [1.807, 2.05) is 54.6 Å². The molecule has 6 nitrogen and oxygen atoms in total. The van der Waals surface area contributed by atoms with Crippen LogP contribution in [0.5, 0.6) is 0 Å². The third-order valence-corrected chi connectivity index (χ3v) is 5.25. The van der Waals surface area contributed by atoms with Crippen molar-refractivity contribution >= 4 is 28.9 Å². The molecule has 2 rings (SSSR count). The highest BCUT2D eigenvalue weighted by Gasteiger charge is 2.03. The van der Waals surface area contributed by atoms with E-state index in [-0.39, 0.29) is 11.8 Å². The second-order valence-corrected chi connectivity index (χ2v) is 8.06. The molecule has 0 aliphatic heterocycles. The van der Waals surface area contributed by atoms with Crippen molar-refractivity contribution in [1.29, 1.82) is 0 Å². The number of unbranched alkanes of at least 4 members (excludes halogenated alkanes) is 8. The third kappa shape index (κ3) is 12.4. The fourth-order valence-corrected chi connectivity index (χ4v) is 3.38.